The molecule has 1 aromatic carbocycles. The van der Waals surface area contributed by atoms with Crippen LogP contribution in [0.15, 0.2) is 29.1 Å². The topological polar surface area (TPSA) is 81.3 Å². The standard InChI is InChI=1S/C18H15ClFN5O2S/c1-9-5-14-16(17(27)25-18(22-14)28-10(2)23-25)24(9)8-15(26)21-7-11-3-4-12(20)6-13(11)19/h3-6H,7-8H2,1-2H3,(H,21,26). The van der Waals surface area contributed by atoms with E-state index in [1.165, 1.54) is 34.1 Å². The van der Waals surface area contributed by atoms with Gasteiger partial charge in [0.25, 0.3) is 5.56 Å². The highest BCUT2D eigenvalue weighted by Crippen LogP contribution is 2.19. The zero-order chi connectivity index (χ0) is 20.0. The minimum Gasteiger partial charge on any atom is -0.350 e. The Hall–Kier alpha value is -2.78. The van der Waals surface area contributed by atoms with Gasteiger partial charge in [-0.3, -0.25) is 9.59 Å². The summed E-state index contributed by atoms with van der Waals surface area (Å²) in [4.78, 5) is 30.3. The van der Waals surface area contributed by atoms with Crippen molar-refractivity contribution in [3.63, 3.8) is 0 Å². The lowest BCUT2D eigenvalue weighted by Gasteiger charge is -2.10. The Morgan fingerprint density at radius 1 is 1.32 bits per heavy atom. The van der Waals surface area contributed by atoms with Gasteiger partial charge in [-0.25, -0.2) is 9.37 Å². The van der Waals surface area contributed by atoms with Crippen LogP contribution in [0.2, 0.25) is 5.02 Å². The highest BCUT2D eigenvalue weighted by Gasteiger charge is 2.17. The van der Waals surface area contributed by atoms with Gasteiger partial charge in [-0.05, 0) is 37.6 Å². The van der Waals surface area contributed by atoms with Crippen LogP contribution < -0.4 is 10.9 Å². The summed E-state index contributed by atoms with van der Waals surface area (Å²) in [7, 11) is 0. The molecule has 3 aromatic heterocycles. The Bertz CT molecular complexity index is 1290. The third-order valence-corrected chi connectivity index (χ3v) is 5.52. The number of hydrogen-bond donors (Lipinski definition) is 1. The van der Waals surface area contributed by atoms with E-state index in [0.717, 1.165) is 10.7 Å². The van der Waals surface area contributed by atoms with E-state index in [4.69, 9.17) is 11.6 Å². The Labute approximate surface area is 167 Å². The fourth-order valence-corrected chi connectivity index (χ4v) is 3.99. The third-order valence-electron chi connectivity index (χ3n) is 4.35. The SMILES string of the molecule is Cc1nn2c(=O)c3c(cc(C)n3CC(=O)NCc3ccc(F)cc3Cl)nc2s1. The van der Waals surface area contributed by atoms with Gasteiger partial charge in [-0.2, -0.15) is 9.61 Å². The van der Waals surface area contributed by atoms with Gasteiger partial charge in [0.15, 0.2) is 0 Å². The first-order valence-electron chi connectivity index (χ1n) is 8.40. The molecule has 4 rings (SSSR count). The maximum atomic E-state index is 13.1. The van der Waals surface area contributed by atoms with Crippen molar-refractivity contribution >= 4 is 44.8 Å². The molecule has 0 saturated carbocycles. The number of nitrogens with one attached hydrogen (secondary N) is 1. The normalized spacial score (nSPS) is 11.4. The van der Waals surface area contributed by atoms with Gasteiger partial charge in [-0.1, -0.05) is 29.0 Å². The predicted octanol–water partition coefficient (Wildman–Crippen LogP) is 2.83. The Kier molecular flexibility index (Phi) is 4.64. The average molecular weight is 420 g/mol. The van der Waals surface area contributed by atoms with Crippen LogP contribution in [-0.4, -0.2) is 25.1 Å². The summed E-state index contributed by atoms with van der Waals surface area (Å²) < 4.78 is 16.0. The van der Waals surface area contributed by atoms with E-state index in [1.807, 2.05) is 6.92 Å². The van der Waals surface area contributed by atoms with Crippen LogP contribution in [0.4, 0.5) is 4.39 Å². The number of aromatic nitrogens is 4. The summed E-state index contributed by atoms with van der Waals surface area (Å²) in [6.07, 6.45) is 0. The molecule has 0 spiro atoms. The molecule has 1 N–H and O–H groups in total. The summed E-state index contributed by atoms with van der Waals surface area (Å²) in [5, 5.41) is 7.90. The maximum absolute atomic E-state index is 13.1. The van der Waals surface area contributed by atoms with Gasteiger partial charge < -0.3 is 9.88 Å². The van der Waals surface area contributed by atoms with Crippen molar-refractivity contribution in [2.24, 2.45) is 0 Å². The lowest BCUT2D eigenvalue weighted by atomic mass is 10.2. The molecule has 28 heavy (non-hydrogen) atoms. The number of amides is 1. The van der Waals surface area contributed by atoms with E-state index in [2.05, 4.69) is 15.4 Å². The molecule has 4 aromatic rings. The van der Waals surface area contributed by atoms with E-state index in [9.17, 15) is 14.0 Å². The molecule has 0 saturated heterocycles. The summed E-state index contributed by atoms with van der Waals surface area (Å²) in [6, 6.07) is 5.77. The van der Waals surface area contributed by atoms with Crippen LogP contribution in [0.25, 0.3) is 16.0 Å². The van der Waals surface area contributed by atoms with Crippen molar-refractivity contribution in [2.45, 2.75) is 26.9 Å². The molecule has 10 heteroatoms. The molecule has 0 aliphatic heterocycles. The van der Waals surface area contributed by atoms with Crippen molar-refractivity contribution < 1.29 is 9.18 Å². The van der Waals surface area contributed by atoms with Gasteiger partial charge in [0.05, 0.1) is 5.52 Å². The number of rotatable bonds is 4. The summed E-state index contributed by atoms with van der Waals surface area (Å²) in [5.74, 6) is -0.744. The molecular formula is C18H15ClFN5O2S. The van der Waals surface area contributed by atoms with E-state index < -0.39 is 5.82 Å². The van der Waals surface area contributed by atoms with Crippen LogP contribution in [0, 0.1) is 19.7 Å². The number of nitrogens with zero attached hydrogens (tertiary/aromatic N) is 4. The van der Waals surface area contributed by atoms with E-state index >= 15 is 0 Å². The Balaban J connectivity index is 1.62. The number of benzene rings is 1. The fourth-order valence-electron chi connectivity index (χ4n) is 3.02. The van der Waals surface area contributed by atoms with Crippen LogP contribution in [-0.2, 0) is 17.9 Å². The minimum absolute atomic E-state index is 0.0553. The molecule has 144 valence electrons. The summed E-state index contributed by atoms with van der Waals surface area (Å²) >= 11 is 7.31. The number of fused-ring (bicyclic) bond motifs is 2. The molecule has 0 atom stereocenters. The molecule has 0 fully saturated rings. The number of aryl methyl sites for hydroxylation is 2. The first-order valence-corrected chi connectivity index (χ1v) is 9.60. The van der Waals surface area contributed by atoms with Gasteiger partial charge in [-0.15, -0.1) is 0 Å². The lowest BCUT2D eigenvalue weighted by molar-refractivity contribution is -0.121. The van der Waals surface area contributed by atoms with E-state index in [1.54, 1.807) is 17.6 Å². The van der Waals surface area contributed by atoms with Crippen molar-refractivity contribution in [2.75, 3.05) is 0 Å². The Morgan fingerprint density at radius 2 is 2.11 bits per heavy atom. The van der Waals surface area contributed by atoms with E-state index in [-0.39, 0.29) is 29.6 Å². The van der Waals surface area contributed by atoms with Gasteiger partial charge in [0, 0.05) is 17.3 Å². The minimum atomic E-state index is -0.439. The molecule has 0 unspecified atom stereocenters. The number of carbonyl (C=O) groups excluding carboxylic acids is 1. The maximum Gasteiger partial charge on any atom is 0.299 e. The first kappa shape index (κ1) is 18.6. The van der Waals surface area contributed by atoms with Crippen molar-refractivity contribution in [1.29, 1.82) is 0 Å². The number of hydrogen-bond acceptors (Lipinski definition) is 5. The van der Waals surface area contributed by atoms with Crippen molar-refractivity contribution in [3.8, 4) is 0 Å². The van der Waals surface area contributed by atoms with Crippen molar-refractivity contribution in [3.05, 3.63) is 61.7 Å². The van der Waals surface area contributed by atoms with E-state index in [0.29, 0.717) is 21.6 Å². The fraction of sp³-hybridized carbons (Fsp3) is 0.222. The monoisotopic (exact) mass is 419 g/mol. The summed E-state index contributed by atoms with van der Waals surface area (Å²) in [6.45, 7) is 3.71. The quantitative estimate of drug-likeness (QED) is 0.551. The first-order chi connectivity index (χ1) is 13.3. The second-order valence-corrected chi connectivity index (χ2v) is 7.92. The van der Waals surface area contributed by atoms with Crippen LogP contribution in [0.3, 0.4) is 0 Å². The van der Waals surface area contributed by atoms with Crippen LogP contribution >= 0.6 is 22.9 Å². The molecule has 1 amide bonds. The van der Waals surface area contributed by atoms with Crippen molar-refractivity contribution in [1.82, 2.24) is 24.5 Å². The smallest absolute Gasteiger partial charge is 0.299 e. The predicted molar refractivity (Wildman–Crippen MR) is 105 cm³/mol. The molecule has 0 bridgehead atoms. The molecule has 0 radical (unpaired) electrons. The van der Waals surface area contributed by atoms with Crippen LogP contribution in [0.1, 0.15) is 16.3 Å². The molecule has 7 nitrogen and oxygen atoms in total. The molecule has 3 heterocycles. The van der Waals surface area contributed by atoms with Gasteiger partial charge in [0.1, 0.15) is 22.9 Å². The Morgan fingerprint density at radius 3 is 2.86 bits per heavy atom. The third kappa shape index (κ3) is 3.27. The molecular weight excluding hydrogens is 405 g/mol. The van der Waals surface area contributed by atoms with Gasteiger partial charge >= 0.3 is 0 Å². The van der Waals surface area contributed by atoms with Gasteiger partial charge in [0.2, 0.25) is 10.9 Å². The highest BCUT2D eigenvalue weighted by atomic mass is 35.5. The zero-order valence-electron chi connectivity index (χ0n) is 15.0. The lowest BCUT2D eigenvalue weighted by Crippen LogP contribution is -2.29. The zero-order valence-corrected chi connectivity index (χ0v) is 16.6. The summed E-state index contributed by atoms with van der Waals surface area (Å²) in [5.41, 5.74) is 1.89. The number of halogens is 2. The second kappa shape index (κ2) is 6.99. The average Bonchev–Trinajstić information content (AvgIpc) is 3.14. The highest BCUT2D eigenvalue weighted by molar-refractivity contribution is 7.16. The second-order valence-electron chi connectivity index (χ2n) is 6.35. The number of carbonyl (C=O) groups is 1. The molecule has 0 aliphatic carbocycles. The molecule has 0 aliphatic rings. The largest absolute Gasteiger partial charge is 0.350 e. The van der Waals surface area contributed by atoms with Crippen LogP contribution in [0.5, 0.6) is 0 Å².